The molecule has 1 fully saturated rings. The van der Waals surface area contributed by atoms with E-state index in [9.17, 15) is 9.59 Å². The Balaban J connectivity index is 1.71. The normalized spacial score (nSPS) is 22.9. The van der Waals surface area contributed by atoms with E-state index in [4.69, 9.17) is 5.11 Å². The van der Waals surface area contributed by atoms with Gasteiger partial charge in [0.05, 0.1) is 0 Å². The van der Waals surface area contributed by atoms with Gasteiger partial charge in [-0.05, 0) is 43.2 Å². The Bertz CT molecular complexity index is 420. The van der Waals surface area contributed by atoms with Gasteiger partial charge in [0.25, 0.3) is 0 Å². The summed E-state index contributed by atoms with van der Waals surface area (Å²) in [6, 6.07) is 1.93. The van der Waals surface area contributed by atoms with Crippen LogP contribution in [-0.4, -0.2) is 22.0 Å². The molecule has 2 rings (SSSR count). The van der Waals surface area contributed by atoms with Crippen molar-refractivity contribution in [2.45, 2.75) is 38.6 Å². The molecule has 0 bridgehead atoms. The molecule has 0 aliphatic heterocycles. The third-order valence-electron chi connectivity index (χ3n) is 3.81. The van der Waals surface area contributed by atoms with Crippen molar-refractivity contribution in [2.75, 3.05) is 0 Å². The van der Waals surface area contributed by atoms with Gasteiger partial charge < -0.3 is 15.4 Å². The van der Waals surface area contributed by atoms with Crippen molar-refractivity contribution in [1.82, 2.24) is 10.3 Å². The Morgan fingerprint density at radius 3 is 2.63 bits per heavy atom. The zero-order valence-corrected chi connectivity index (χ0v) is 10.9. The first kappa shape index (κ1) is 13.6. The smallest absolute Gasteiger partial charge is 0.303 e. The predicted molar refractivity (Wildman–Crippen MR) is 70.3 cm³/mol. The number of aromatic amines is 1. The van der Waals surface area contributed by atoms with Crippen LogP contribution in [0.2, 0.25) is 0 Å². The first-order valence-corrected chi connectivity index (χ1v) is 6.76. The summed E-state index contributed by atoms with van der Waals surface area (Å²) in [6.07, 6.45) is 7.22. The Hall–Kier alpha value is -1.78. The molecule has 5 nitrogen and oxygen atoms in total. The number of hydrogen-bond acceptors (Lipinski definition) is 2. The van der Waals surface area contributed by atoms with Crippen LogP contribution in [0.1, 0.15) is 37.7 Å². The molecule has 0 atom stereocenters. The van der Waals surface area contributed by atoms with Crippen molar-refractivity contribution in [3.05, 3.63) is 24.0 Å². The third kappa shape index (κ3) is 4.12. The highest BCUT2D eigenvalue weighted by Gasteiger charge is 2.27. The number of aromatic nitrogens is 1. The molecular formula is C14H20N2O3. The average molecular weight is 264 g/mol. The van der Waals surface area contributed by atoms with Crippen molar-refractivity contribution in [3.8, 4) is 0 Å². The SMILES string of the molecule is O=C(O)CC1CCC(C(=O)NCc2cc[nH]c2)CC1. The van der Waals surface area contributed by atoms with E-state index in [1.165, 1.54) is 0 Å². The van der Waals surface area contributed by atoms with Crippen molar-refractivity contribution < 1.29 is 14.7 Å². The minimum atomic E-state index is -0.736. The van der Waals surface area contributed by atoms with E-state index in [0.29, 0.717) is 6.54 Å². The van der Waals surface area contributed by atoms with E-state index in [-0.39, 0.29) is 24.2 Å². The minimum absolute atomic E-state index is 0.0454. The van der Waals surface area contributed by atoms with E-state index in [2.05, 4.69) is 10.3 Å². The standard InChI is InChI=1S/C14H20N2O3/c17-13(18)7-10-1-3-12(4-2-10)14(19)16-9-11-5-6-15-8-11/h5-6,8,10,12,15H,1-4,7,9H2,(H,16,19)(H,17,18). The van der Waals surface area contributed by atoms with Gasteiger partial charge in [0.1, 0.15) is 0 Å². The number of nitrogens with one attached hydrogen (secondary N) is 2. The number of carboxylic acid groups (broad SMARTS) is 1. The molecule has 0 spiro atoms. The number of rotatable bonds is 5. The summed E-state index contributed by atoms with van der Waals surface area (Å²) in [5, 5.41) is 11.7. The second-order valence-electron chi connectivity index (χ2n) is 5.25. The van der Waals surface area contributed by atoms with Crippen LogP contribution in [0.25, 0.3) is 0 Å². The lowest BCUT2D eigenvalue weighted by molar-refractivity contribution is -0.138. The van der Waals surface area contributed by atoms with E-state index >= 15 is 0 Å². The van der Waals surface area contributed by atoms with Gasteiger partial charge in [-0.1, -0.05) is 0 Å². The molecule has 104 valence electrons. The van der Waals surface area contributed by atoms with E-state index in [1.807, 2.05) is 18.5 Å². The largest absolute Gasteiger partial charge is 0.481 e. The molecule has 5 heteroatoms. The molecule has 0 aromatic carbocycles. The molecule has 1 heterocycles. The lowest BCUT2D eigenvalue weighted by Crippen LogP contribution is -2.33. The number of carboxylic acids is 1. The van der Waals surface area contributed by atoms with Gasteiger partial charge >= 0.3 is 5.97 Å². The molecule has 1 aliphatic carbocycles. The lowest BCUT2D eigenvalue weighted by Gasteiger charge is -2.26. The number of aliphatic carboxylic acids is 1. The highest BCUT2D eigenvalue weighted by Crippen LogP contribution is 2.30. The average Bonchev–Trinajstić information content (AvgIpc) is 2.89. The van der Waals surface area contributed by atoms with Crippen LogP contribution in [0.4, 0.5) is 0 Å². The second-order valence-corrected chi connectivity index (χ2v) is 5.25. The van der Waals surface area contributed by atoms with Crippen molar-refractivity contribution >= 4 is 11.9 Å². The van der Waals surface area contributed by atoms with Gasteiger partial charge in [-0.25, -0.2) is 0 Å². The number of carbonyl (C=O) groups excluding carboxylic acids is 1. The molecule has 0 radical (unpaired) electrons. The number of hydrogen-bond donors (Lipinski definition) is 3. The molecule has 19 heavy (non-hydrogen) atoms. The van der Waals surface area contributed by atoms with Crippen molar-refractivity contribution in [2.24, 2.45) is 11.8 Å². The lowest BCUT2D eigenvalue weighted by atomic mass is 9.80. The summed E-state index contributed by atoms with van der Waals surface area (Å²) in [7, 11) is 0. The molecular weight excluding hydrogens is 244 g/mol. The van der Waals surface area contributed by atoms with Crippen LogP contribution in [0.3, 0.4) is 0 Å². The van der Waals surface area contributed by atoms with Gasteiger partial charge in [-0.3, -0.25) is 9.59 Å². The van der Waals surface area contributed by atoms with Gasteiger partial charge in [-0.2, -0.15) is 0 Å². The first-order valence-electron chi connectivity index (χ1n) is 6.76. The fourth-order valence-electron chi connectivity index (χ4n) is 2.68. The summed E-state index contributed by atoms with van der Waals surface area (Å²) < 4.78 is 0. The second kappa shape index (κ2) is 6.41. The van der Waals surface area contributed by atoms with Crippen LogP contribution in [0.15, 0.2) is 18.5 Å². The first-order chi connectivity index (χ1) is 9.15. The van der Waals surface area contributed by atoms with Gasteiger partial charge in [-0.15, -0.1) is 0 Å². The maximum atomic E-state index is 12.0. The zero-order chi connectivity index (χ0) is 13.7. The molecule has 0 unspecified atom stereocenters. The summed E-state index contributed by atoms with van der Waals surface area (Å²) in [5.74, 6) is -0.356. The molecule has 1 aliphatic rings. The zero-order valence-electron chi connectivity index (χ0n) is 10.9. The van der Waals surface area contributed by atoms with Crippen LogP contribution < -0.4 is 5.32 Å². The molecule has 1 aromatic rings. The maximum Gasteiger partial charge on any atom is 0.303 e. The topological polar surface area (TPSA) is 82.2 Å². The molecule has 1 amide bonds. The van der Waals surface area contributed by atoms with E-state index in [1.54, 1.807) is 0 Å². The fraction of sp³-hybridized carbons (Fsp3) is 0.571. The van der Waals surface area contributed by atoms with Crippen molar-refractivity contribution in [3.63, 3.8) is 0 Å². The van der Waals surface area contributed by atoms with Crippen LogP contribution in [-0.2, 0) is 16.1 Å². The third-order valence-corrected chi connectivity index (χ3v) is 3.81. The van der Waals surface area contributed by atoms with E-state index in [0.717, 1.165) is 31.2 Å². The summed E-state index contributed by atoms with van der Waals surface area (Å²) in [6.45, 7) is 0.553. The van der Waals surface area contributed by atoms with Gasteiger partial charge in [0.15, 0.2) is 0 Å². The van der Waals surface area contributed by atoms with Crippen LogP contribution in [0, 0.1) is 11.8 Å². The quantitative estimate of drug-likeness (QED) is 0.759. The fourth-order valence-corrected chi connectivity index (χ4v) is 2.68. The Labute approximate surface area is 112 Å². The summed E-state index contributed by atoms with van der Waals surface area (Å²) >= 11 is 0. The number of H-pyrrole nitrogens is 1. The summed E-state index contributed by atoms with van der Waals surface area (Å²) in [5.41, 5.74) is 1.06. The van der Waals surface area contributed by atoms with Crippen LogP contribution >= 0.6 is 0 Å². The minimum Gasteiger partial charge on any atom is -0.481 e. The maximum absolute atomic E-state index is 12.0. The molecule has 0 saturated heterocycles. The van der Waals surface area contributed by atoms with Gasteiger partial charge in [0.2, 0.25) is 5.91 Å². The Morgan fingerprint density at radius 2 is 2.05 bits per heavy atom. The highest BCUT2D eigenvalue weighted by molar-refractivity contribution is 5.78. The van der Waals surface area contributed by atoms with Gasteiger partial charge in [0, 0.05) is 31.3 Å². The number of amides is 1. The van der Waals surface area contributed by atoms with Crippen molar-refractivity contribution in [1.29, 1.82) is 0 Å². The predicted octanol–water partition coefficient (Wildman–Crippen LogP) is 1.91. The monoisotopic (exact) mass is 264 g/mol. The van der Waals surface area contributed by atoms with E-state index < -0.39 is 5.97 Å². The van der Waals surface area contributed by atoms with Crippen LogP contribution in [0.5, 0.6) is 0 Å². The summed E-state index contributed by atoms with van der Waals surface area (Å²) in [4.78, 5) is 25.6. The number of carbonyl (C=O) groups is 2. The molecule has 1 aromatic heterocycles. The highest BCUT2D eigenvalue weighted by atomic mass is 16.4. The Morgan fingerprint density at radius 1 is 1.32 bits per heavy atom. The molecule has 3 N–H and O–H groups in total. The Kier molecular flexibility index (Phi) is 4.60. The molecule has 1 saturated carbocycles.